The van der Waals surface area contributed by atoms with Crippen molar-refractivity contribution in [1.29, 1.82) is 0 Å². The van der Waals surface area contributed by atoms with Gasteiger partial charge in [0.2, 0.25) is 11.8 Å². The highest BCUT2D eigenvalue weighted by molar-refractivity contribution is 6.32. The highest BCUT2D eigenvalue weighted by Gasteiger charge is 2.12. The minimum Gasteiger partial charge on any atom is -0.434 e. The van der Waals surface area contributed by atoms with Crippen molar-refractivity contribution < 1.29 is 14.1 Å². The summed E-state index contributed by atoms with van der Waals surface area (Å²) in [5, 5.41) is 13.7. The zero-order valence-corrected chi connectivity index (χ0v) is 16.7. The normalized spacial score (nSPS) is 11.1. The van der Waals surface area contributed by atoms with Gasteiger partial charge < -0.3 is 9.73 Å². The summed E-state index contributed by atoms with van der Waals surface area (Å²) in [6, 6.07) is 15.4. The summed E-state index contributed by atoms with van der Waals surface area (Å²) in [5.41, 5.74) is 3.15. The number of hydrogen-bond acceptors (Lipinski definition) is 6. The third-order valence-electron chi connectivity index (χ3n) is 4.43. The van der Waals surface area contributed by atoms with E-state index in [9.17, 15) is 14.9 Å². The van der Waals surface area contributed by atoms with Crippen LogP contribution in [-0.2, 0) is 11.3 Å². The second-order valence-corrected chi connectivity index (χ2v) is 6.97. The van der Waals surface area contributed by atoms with Crippen molar-refractivity contribution in [3.05, 3.63) is 93.1 Å². The molecule has 1 N–H and O–H groups in total. The number of amides is 1. The lowest BCUT2D eigenvalue weighted by Crippen LogP contribution is -2.20. The number of carbonyl (C=O) groups excluding carboxylic acids is 1. The van der Waals surface area contributed by atoms with Gasteiger partial charge in [-0.15, -0.1) is 0 Å². The Morgan fingerprint density at radius 3 is 2.74 bits per heavy atom. The number of nitro benzene ring substituents is 1. The Hall–Kier alpha value is -4.04. The predicted octanol–water partition coefficient (Wildman–Crippen LogP) is 4.78. The van der Waals surface area contributed by atoms with E-state index in [4.69, 9.17) is 16.0 Å². The smallest absolute Gasteiger partial charge is 0.288 e. The van der Waals surface area contributed by atoms with Crippen molar-refractivity contribution in [2.75, 3.05) is 0 Å². The van der Waals surface area contributed by atoms with E-state index < -0.39 is 4.92 Å². The Bertz CT molecular complexity index is 1270. The molecule has 0 aliphatic rings. The second-order valence-electron chi connectivity index (χ2n) is 6.56. The van der Waals surface area contributed by atoms with E-state index in [0.29, 0.717) is 29.2 Å². The third-order valence-corrected chi connectivity index (χ3v) is 4.75. The van der Waals surface area contributed by atoms with Gasteiger partial charge in [-0.2, -0.15) is 4.98 Å². The SMILES string of the molecule is O=C(/C=C/c1ccc(Cl)c([N+](=O)[O-])c1)NCc1ccc(-c2nc3ncccc3o2)cc1. The molecule has 9 heteroatoms. The maximum Gasteiger partial charge on any atom is 0.288 e. The van der Waals surface area contributed by atoms with Gasteiger partial charge in [0.1, 0.15) is 5.02 Å². The van der Waals surface area contributed by atoms with Gasteiger partial charge in [-0.25, -0.2) is 4.98 Å². The van der Waals surface area contributed by atoms with Crippen LogP contribution in [0.25, 0.3) is 28.8 Å². The molecule has 4 rings (SSSR count). The van der Waals surface area contributed by atoms with Crippen LogP contribution in [0.1, 0.15) is 11.1 Å². The molecule has 2 aromatic heterocycles. The molecule has 8 nitrogen and oxygen atoms in total. The molecule has 0 aliphatic carbocycles. The van der Waals surface area contributed by atoms with Gasteiger partial charge in [0.05, 0.1) is 4.92 Å². The molecule has 1 amide bonds. The number of fused-ring (bicyclic) bond motifs is 1. The summed E-state index contributed by atoms with van der Waals surface area (Å²) < 4.78 is 5.69. The molecular formula is C22H15ClN4O4. The molecule has 0 spiro atoms. The molecule has 2 heterocycles. The number of nitrogens with zero attached hydrogens (tertiary/aromatic N) is 3. The zero-order valence-electron chi connectivity index (χ0n) is 16.0. The number of benzene rings is 2. The molecule has 154 valence electrons. The molecule has 0 saturated heterocycles. The van der Waals surface area contributed by atoms with Crippen molar-refractivity contribution in [3.8, 4) is 11.5 Å². The van der Waals surface area contributed by atoms with Crippen LogP contribution in [-0.4, -0.2) is 20.8 Å². The fraction of sp³-hybridized carbons (Fsp3) is 0.0455. The topological polar surface area (TPSA) is 111 Å². The molecular weight excluding hydrogens is 420 g/mol. The molecule has 0 bridgehead atoms. The van der Waals surface area contributed by atoms with E-state index in [1.165, 1.54) is 24.3 Å². The van der Waals surface area contributed by atoms with Crippen molar-refractivity contribution in [3.63, 3.8) is 0 Å². The van der Waals surface area contributed by atoms with Crippen LogP contribution >= 0.6 is 11.6 Å². The van der Waals surface area contributed by atoms with E-state index in [0.717, 1.165) is 11.1 Å². The molecule has 0 radical (unpaired) electrons. The number of rotatable bonds is 6. The summed E-state index contributed by atoms with van der Waals surface area (Å²) >= 11 is 5.78. The maximum absolute atomic E-state index is 12.1. The van der Waals surface area contributed by atoms with Crippen molar-refractivity contribution in [2.45, 2.75) is 6.54 Å². The van der Waals surface area contributed by atoms with Crippen LogP contribution in [0, 0.1) is 10.1 Å². The van der Waals surface area contributed by atoms with Gasteiger partial charge in [0, 0.05) is 30.4 Å². The van der Waals surface area contributed by atoms with E-state index in [2.05, 4.69) is 15.3 Å². The summed E-state index contributed by atoms with van der Waals surface area (Å²) in [6.45, 7) is 0.319. The van der Waals surface area contributed by atoms with Crippen molar-refractivity contribution in [2.24, 2.45) is 0 Å². The van der Waals surface area contributed by atoms with Gasteiger partial charge in [-0.1, -0.05) is 29.8 Å². The number of nitrogens with one attached hydrogen (secondary N) is 1. The Morgan fingerprint density at radius 1 is 1.19 bits per heavy atom. The fourth-order valence-electron chi connectivity index (χ4n) is 2.85. The number of pyridine rings is 1. The number of carbonyl (C=O) groups is 1. The first-order valence-corrected chi connectivity index (χ1v) is 9.58. The van der Waals surface area contributed by atoms with Crippen LogP contribution < -0.4 is 5.32 Å². The summed E-state index contributed by atoms with van der Waals surface area (Å²) in [6.07, 6.45) is 4.46. The Kier molecular flexibility index (Phi) is 5.72. The van der Waals surface area contributed by atoms with E-state index >= 15 is 0 Å². The number of oxazole rings is 1. The fourth-order valence-corrected chi connectivity index (χ4v) is 3.04. The highest BCUT2D eigenvalue weighted by Crippen LogP contribution is 2.26. The van der Waals surface area contributed by atoms with Crippen LogP contribution in [0.4, 0.5) is 5.69 Å². The van der Waals surface area contributed by atoms with E-state index in [1.54, 1.807) is 24.4 Å². The quantitative estimate of drug-likeness (QED) is 0.265. The van der Waals surface area contributed by atoms with Gasteiger partial charge in [0.15, 0.2) is 11.2 Å². The second kappa shape index (κ2) is 8.76. The van der Waals surface area contributed by atoms with Crippen LogP contribution in [0.2, 0.25) is 5.02 Å². The Morgan fingerprint density at radius 2 is 2.00 bits per heavy atom. The Labute approximate surface area is 181 Å². The standard InChI is InChI=1S/C22H15ClN4O4/c23-17-9-5-14(12-18(17)27(29)30)6-10-20(28)25-13-15-3-7-16(8-4-15)22-26-21-19(31-22)2-1-11-24-21/h1-12H,13H2,(H,25,28)/b10-6+. The molecule has 4 aromatic rings. The maximum atomic E-state index is 12.1. The zero-order chi connectivity index (χ0) is 21.8. The van der Waals surface area contributed by atoms with Crippen LogP contribution in [0.3, 0.4) is 0 Å². The minimum atomic E-state index is -0.569. The molecule has 0 saturated carbocycles. The van der Waals surface area contributed by atoms with Gasteiger partial charge in [0.25, 0.3) is 5.69 Å². The van der Waals surface area contributed by atoms with Crippen molar-refractivity contribution in [1.82, 2.24) is 15.3 Å². The van der Waals surface area contributed by atoms with Gasteiger partial charge in [-0.05, 0) is 47.5 Å². The largest absolute Gasteiger partial charge is 0.434 e. The predicted molar refractivity (Wildman–Crippen MR) is 116 cm³/mol. The van der Waals surface area contributed by atoms with Crippen LogP contribution in [0.5, 0.6) is 0 Å². The monoisotopic (exact) mass is 434 g/mol. The summed E-state index contributed by atoms with van der Waals surface area (Å²) in [4.78, 5) is 30.9. The lowest BCUT2D eigenvalue weighted by atomic mass is 10.1. The molecule has 0 fully saturated rings. The first-order chi connectivity index (χ1) is 15.0. The van der Waals surface area contributed by atoms with E-state index in [-0.39, 0.29) is 16.6 Å². The first kappa shape index (κ1) is 20.2. The number of aromatic nitrogens is 2. The number of hydrogen-bond donors (Lipinski definition) is 1. The summed E-state index contributed by atoms with van der Waals surface area (Å²) in [7, 11) is 0. The van der Waals surface area contributed by atoms with E-state index in [1.807, 2.05) is 24.3 Å². The minimum absolute atomic E-state index is 0.0455. The highest BCUT2D eigenvalue weighted by atomic mass is 35.5. The molecule has 0 aliphatic heterocycles. The Balaban J connectivity index is 1.37. The number of halogens is 1. The first-order valence-electron chi connectivity index (χ1n) is 9.20. The lowest BCUT2D eigenvalue weighted by molar-refractivity contribution is -0.384. The summed E-state index contributed by atoms with van der Waals surface area (Å²) in [5.74, 6) is 0.149. The lowest BCUT2D eigenvalue weighted by Gasteiger charge is -2.03. The molecule has 31 heavy (non-hydrogen) atoms. The van der Waals surface area contributed by atoms with Gasteiger partial charge >= 0.3 is 0 Å². The third kappa shape index (κ3) is 4.76. The molecule has 0 unspecified atom stereocenters. The molecule has 0 atom stereocenters. The molecule has 2 aromatic carbocycles. The average Bonchev–Trinajstić information content (AvgIpc) is 3.21. The number of nitro groups is 1. The van der Waals surface area contributed by atoms with Crippen LogP contribution in [0.15, 0.2) is 71.3 Å². The van der Waals surface area contributed by atoms with Crippen molar-refractivity contribution >= 4 is 40.5 Å². The van der Waals surface area contributed by atoms with Gasteiger partial charge in [-0.3, -0.25) is 14.9 Å². The average molecular weight is 435 g/mol.